The molecule has 0 amide bonds. The number of ketones is 2. The van der Waals surface area contributed by atoms with Crippen LogP contribution in [0.4, 0.5) is 0 Å². The van der Waals surface area contributed by atoms with E-state index in [1.165, 1.54) is 0 Å². The van der Waals surface area contributed by atoms with Gasteiger partial charge in [-0.3, -0.25) is 9.59 Å². The predicted molar refractivity (Wildman–Crippen MR) is 93.2 cm³/mol. The monoisotopic (exact) mass is 358 g/mol. The number of allylic oxidation sites excluding steroid dienone is 2. The molecule has 2 N–H and O–H groups in total. The number of carbonyl (C=O) groups is 2. The average molecular weight is 358 g/mol. The Morgan fingerprint density at radius 2 is 2.08 bits per heavy atom. The molecule has 0 unspecified atom stereocenters. The second-order valence-electron chi connectivity index (χ2n) is 9.36. The third kappa shape index (κ3) is 1.60. The number of aliphatic hydroxyl groups excluding tert-OH is 1. The third-order valence-corrected chi connectivity index (χ3v) is 8.69. The van der Waals surface area contributed by atoms with Gasteiger partial charge < -0.3 is 14.9 Å². The number of aliphatic hydroxyl groups is 2. The van der Waals surface area contributed by atoms with E-state index in [9.17, 15) is 19.8 Å². The van der Waals surface area contributed by atoms with Crippen LogP contribution in [0.5, 0.6) is 0 Å². The van der Waals surface area contributed by atoms with E-state index in [0.29, 0.717) is 12.8 Å². The van der Waals surface area contributed by atoms with Crippen LogP contribution in [0, 0.1) is 22.7 Å². The molecule has 0 bridgehead atoms. The number of ether oxygens (including phenoxy) is 1. The number of Topliss-reactive ketones (excluding diaryl/α,β-unsaturated/α-hetero) is 1. The minimum atomic E-state index is -1.46. The largest absolute Gasteiger partial charge is 0.388 e. The maximum absolute atomic E-state index is 12.4. The van der Waals surface area contributed by atoms with E-state index in [2.05, 4.69) is 6.92 Å². The van der Waals surface area contributed by atoms with Crippen molar-refractivity contribution >= 4 is 11.6 Å². The van der Waals surface area contributed by atoms with Gasteiger partial charge in [-0.1, -0.05) is 18.6 Å². The van der Waals surface area contributed by atoms with Gasteiger partial charge in [-0.05, 0) is 63.0 Å². The zero-order valence-corrected chi connectivity index (χ0v) is 15.3. The molecule has 5 rings (SSSR count). The molecule has 7 atom stereocenters. The van der Waals surface area contributed by atoms with Crippen LogP contribution < -0.4 is 0 Å². The standard InChI is InChI=1S/C21H26O5/c1-18-7-5-13(23)9-12(18)3-4-15-14-6-8-20(25,16(24)11-22)19(14,2)10-17-21(15,18)26-17/h5,7,9,14-15,17,22,25H,3-4,6,8,10-11H2,1-2H3/t14-,15+,17-,18-,19+,20-,21-/m0/s1. The van der Waals surface area contributed by atoms with E-state index >= 15 is 0 Å². The van der Waals surface area contributed by atoms with Gasteiger partial charge in [-0.15, -0.1) is 0 Å². The van der Waals surface area contributed by atoms with E-state index in [1.807, 2.05) is 13.0 Å². The molecule has 5 nitrogen and oxygen atoms in total. The zero-order chi connectivity index (χ0) is 18.5. The Balaban J connectivity index is 1.58. The SMILES string of the molecule is C[C@]12C=CC(=O)C=C1CC[C@@H]1[C@@H]3CC[C@](O)(C(=O)CO)[C@]3(C)C[C@@H]3O[C@]312. The Morgan fingerprint density at radius 1 is 1.31 bits per heavy atom. The lowest BCUT2D eigenvalue weighted by atomic mass is 9.47. The minimum absolute atomic E-state index is 0.0172. The van der Waals surface area contributed by atoms with Crippen LogP contribution in [0.2, 0.25) is 0 Å². The van der Waals surface area contributed by atoms with Gasteiger partial charge in [0, 0.05) is 10.8 Å². The van der Waals surface area contributed by atoms with E-state index in [1.54, 1.807) is 12.2 Å². The summed E-state index contributed by atoms with van der Waals surface area (Å²) < 4.78 is 6.40. The number of carbonyl (C=O) groups excluding carboxylic acids is 2. The molecule has 0 aromatic heterocycles. The smallest absolute Gasteiger partial charge is 0.190 e. The summed E-state index contributed by atoms with van der Waals surface area (Å²) in [7, 11) is 0. The Labute approximate surface area is 153 Å². The van der Waals surface area contributed by atoms with Gasteiger partial charge in [-0.25, -0.2) is 0 Å². The molecule has 5 heteroatoms. The van der Waals surface area contributed by atoms with Crippen molar-refractivity contribution in [2.45, 2.75) is 63.3 Å². The van der Waals surface area contributed by atoms with Crippen molar-refractivity contribution in [1.29, 1.82) is 0 Å². The number of hydrogen-bond donors (Lipinski definition) is 2. The molecule has 1 aliphatic heterocycles. The van der Waals surface area contributed by atoms with Crippen LogP contribution in [0.25, 0.3) is 0 Å². The van der Waals surface area contributed by atoms with Crippen molar-refractivity contribution in [2.75, 3.05) is 6.61 Å². The molecule has 26 heavy (non-hydrogen) atoms. The fourth-order valence-electron chi connectivity index (χ4n) is 7.24. The lowest BCUT2D eigenvalue weighted by molar-refractivity contribution is -0.159. The highest BCUT2D eigenvalue weighted by molar-refractivity contribution is 6.01. The molecule has 4 fully saturated rings. The van der Waals surface area contributed by atoms with Gasteiger partial charge in [0.05, 0.1) is 6.10 Å². The number of rotatable bonds is 2. The molecule has 0 radical (unpaired) electrons. The minimum Gasteiger partial charge on any atom is -0.388 e. The molecule has 1 heterocycles. The highest BCUT2D eigenvalue weighted by Gasteiger charge is 2.81. The Morgan fingerprint density at radius 3 is 2.81 bits per heavy atom. The quantitative estimate of drug-likeness (QED) is 0.734. The van der Waals surface area contributed by atoms with Crippen LogP contribution in [0.1, 0.15) is 46.0 Å². The van der Waals surface area contributed by atoms with Crippen LogP contribution in [0.15, 0.2) is 23.8 Å². The van der Waals surface area contributed by atoms with Gasteiger partial charge in [0.2, 0.25) is 0 Å². The lowest BCUT2D eigenvalue weighted by Gasteiger charge is -2.55. The molecular weight excluding hydrogens is 332 g/mol. The predicted octanol–water partition coefficient (Wildman–Crippen LogP) is 1.72. The molecular formula is C21H26O5. The van der Waals surface area contributed by atoms with Crippen molar-refractivity contribution in [3.8, 4) is 0 Å². The molecule has 3 saturated carbocycles. The molecule has 0 aromatic carbocycles. The van der Waals surface area contributed by atoms with Gasteiger partial charge in [0.1, 0.15) is 17.8 Å². The summed E-state index contributed by atoms with van der Waals surface area (Å²) in [5.41, 5.74) is -1.45. The van der Waals surface area contributed by atoms with Crippen molar-refractivity contribution in [1.82, 2.24) is 0 Å². The summed E-state index contributed by atoms with van der Waals surface area (Å²) in [5.74, 6) is 0.0355. The maximum Gasteiger partial charge on any atom is 0.190 e. The Bertz CT molecular complexity index is 783. The van der Waals surface area contributed by atoms with Crippen molar-refractivity contribution in [3.05, 3.63) is 23.8 Å². The zero-order valence-electron chi connectivity index (χ0n) is 15.3. The maximum atomic E-state index is 12.4. The third-order valence-electron chi connectivity index (χ3n) is 8.69. The molecule has 1 saturated heterocycles. The van der Waals surface area contributed by atoms with E-state index in [-0.39, 0.29) is 34.7 Å². The topological polar surface area (TPSA) is 87.1 Å². The number of epoxide rings is 1. The Kier molecular flexibility index (Phi) is 3.08. The van der Waals surface area contributed by atoms with Gasteiger partial charge >= 0.3 is 0 Å². The summed E-state index contributed by atoms with van der Waals surface area (Å²) in [6, 6.07) is 0. The first-order valence-electron chi connectivity index (χ1n) is 9.71. The highest BCUT2D eigenvalue weighted by atomic mass is 16.6. The highest BCUT2D eigenvalue weighted by Crippen LogP contribution is 2.75. The first-order chi connectivity index (χ1) is 12.2. The summed E-state index contributed by atoms with van der Waals surface area (Å²) in [6.07, 6.45) is 9.04. The van der Waals surface area contributed by atoms with Crippen LogP contribution >= 0.6 is 0 Å². The first-order valence-corrected chi connectivity index (χ1v) is 9.71. The summed E-state index contributed by atoms with van der Waals surface area (Å²) >= 11 is 0. The fourth-order valence-corrected chi connectivity index (χ4v) is 7.24. The number of fused-ring (bicyclic) bond motifs is 3. The summed E-state index contributed by atoms with van der Waals surface area (Å²) in [5, 5.41) is 20.6. The fraction of sp³-hybridized carbons (Fsp3) is 0.714. The second kappa shape index (κ2) is 4.75. The van der Waals surface area contributed by atoms with Crippen LogP contribution in [-0.2, 0) is 14.3 Å². The van der Waals surface area contributed by atoms with Gasteiger partial charge in [0.15, 0.2) is 11.6 Å². The van der Waals surface area contributed by atoms with Crippen LogP contribution in [0.3, 0.4) is 0 Å². The van der Waals surface area contributed by atoms with Crippen LogP contribution in [-0.4, -0.2) is 45.7 Å². The van der Waals surface area contributed by atoms with E-state index < -0.39 is 23.4 Å². The summed E-state index contributed by atoms with van der Waals surface area (Å²) in [4.78, 5) is 24.3. The summed E-state index contributed by atoms with van der Waals surface area (Å²) in [6.45, 7) is 3.57. The van der Waals surface area contributed by atoms with Crippen molar-refractivity contribution in [2.24, 2.45) is 22.7 Å². The normalized spacial score (nSPS) is 53.9. The van der Waals surface area contributed by atoms with Crippen molar-refractivity contribution < 1.29 is 24.5 Å². The molecule has 5 aliphatic rings. The Hall–Kier alpha value is -1.30. The average Bonchev–Trinajstić information content (AvgIpc) is 3.27. The first kappa shape index (κ1) is 16.8. The number of hydrogen-bond acceptors (Lipinski definition) is 5. The molecule has 0 aromatic rings. The second-order valence-corrected chi connectivity index (χ2v) is 9.36. The van der Waals surface area contributed by atoms with Gasteiger partial charge in [-0.2, -0.15) is 0 Å². The molecule has 4 aliphatic carbocycles. The molecule has 140 valence electrons. The van der Waals surface area contributed by atoms with E-state index in [4.69, 9.17) is 4.74 Å². The lowest BCUT2D eigenvalue weighted by Crippen LogP contribution is -2.61. The van der Waals surface area contributed by atoms with Crippen molar-refractivity contribution in [3.63, 3.8) is 0 Å². The van der Waals surface area contributed by atoms with E-state index in [0.717, 1.165) is 24.8 Å². The van der Waals surface area contributed by atoms with Gasteiger partial charge in [0.25, 0.3) is 0 Å². The molecule has 1 spiro atoms.